The van der Waals surface area contributed by atoms with E-state index in [9.17, 15) is 22.8 Å². The summed E-state index contributed by atoms with van der Waals surface area (Å²) in [6.07, 6.45) is -2.51. The lowest BCUT2D eigenvalue weighted by Crippen LogP contribution is -2.47. The lowest BCUT2D eigenvalue weighted by Gasteiger charge is -2.21. The summed E-state index contributed by atoms with van der Waals surface area (Å²) in [5, 5.41) is 4.90. The van der Waals surface area contributed by atoms with Crippen LogP contribution in [0.3, 0.4) is 0 Å². The normalized spacial score (nSPS) is 16.1. The van der Waals surface area contributed by atoms with Crippen LogP contribution in [0, 0.1) is 0 Å². The van der Waals surface area contributed by atoms with E-state index in [2.05, 4.69) is 10.6 Å². The minimum atomic E-state index is -4.42. The fourth-order valence-electron chi connectivity index (χ4n) is 2.38. The fourth-order valence-corrected chi connectivity index (χ4v) is 2.38. The Morgan fingerprint density at radius 3 is 2.22 bits per heavy atom. The molecule has 1 heterocycles. The first-order valence-corrected chi connectivity index (χ1v) is 7.31. The summed E-state index contributed by atoms with van der Waals surface area (Å²) < 4.78 is 37.3. The number of amides is 3. The molecule has 2 N–H and O–H groups in total. The van der Waals surface area contributed by atoms with Gasteiger partial charge in [-0.15, -0.1) is 0 Å². The number of alkyl halides is 3. The molecule has 0 saturated carbocycles. The molecule has 2 rings (SSSR count). The number of halogens is 3. The minimum absolute atomic E-state index is 0.162. The van der Waals surface area contributed by atoms with Crippen molar-refractivity contribution in [3.05, 3.63) is 29.8 Å². The van der Waals surface area contributed by atoms with Crippen molar-refractivity contribution >= 4 is 17.6 Å². The van der Waals surface area contributed by atoms with E-state index in [4.69, 9.17) is 0 Å². The summed E-state index contributed by atoms with van der Waals surface area (Å²) in [7, 11) is 0. The molecule has 0 aromatic heterocycles. The quantitative estimate of drug-likeness (QED) is 0.896. The maximum Gasteiger partial charge on any atom is 0.416 e. The molecule has 8 heteroatoms. The molecule has 1 atom stereocenters. The predicted molar refractivity (Wildman–Crippen MR) is 78.9 cm³/mol. The van der Waals surface area contributed by atoms with Gasteiger partial charge in [0.15, 0.2) is 0 Å². The van der Waals surface area contributed by atoms with Gasteiger partial charge in [-0.1, -0.05) is 0 Å². The second kappa shape index (κ2) is 6.89. The molecule has 1 fully saturated rings. The van der Waals surface area contributed by atoms with Crippen LogP contribution in [0.15, 0.2) is 24.3 Å². The van der Waals surface area contributed by atoms with E-state index in [0.717, 1.165) is 37.1 Å². The summed E-state index contributed by atoms with van der Waals surface area (Å²) in [5.41, 5.74) is -0.572. The summed E-state index contributed by atoms with van der Waals surface area (Å²) in [6, 6.07) is 2.76. The molecular formula is C15H18F3N3O2. The topological polar surface area (TPSA) is 61.4 Å². The second-order valence-electron chi connectivity index (χ2n) is 5.43. The van der Waals surface area contributed by atoms with Gasteiger partial charge in [0, 0.05) is 18.8 Å². The Hall–Kier alpha value is -2.25. The zero-order chi connectivity index (χ0) is 17.0. The Bertz CT molecular complexity index is 566. The van der Waals surface area contributed by atoms with Crippen LogP contribution in [0.5, 0.6) is 0 Å². The monoisotopic (exact) mass is 329 g/mol. The van der Waals surface area contributed by atoms with E-state index in [1.165, 1.54) is 0 Å². The van der Waals surface area contributed by atoms with Gasteiger partial charge in [0.2, 0.25) is 5.91 Å². The van der Waals surface area contributed by atoms with Gasteiger partial charge < -0.3 is 15.5 Å². The lowest BCUT2D eigenvalue weighted by molar-refractivity contribution is -0.137. The summed E-state index contributed by atoms with van der Waals surface area (Å²) in [5.74, 6) is -0.162. The van der Waals surface area contributed by atoms with Crippen LogP contribution in [0.2, 0.25) is 0 Å². The highest BCUT2D eigenvalue weighted by atomic mass is 19.4. The van der Waals surface area contributed by atoms with E-state index >= 15 is 0 Å². The van der Waals surface area contributed by atoms with Crippen LogP contribution in [0.25, 0.3) is 0 Å². The third-order valence-corrected chi connectivity index (χ3v) is 3.61. The molecule has 0 aliphatic carbocycles. The van der Waals surface area contributed by atoms with E-state index in [0.29, 0.717) is 13.1 Å². The molecule has 23 heavy (non-hydrogen) atoms. The van der Waals surface area contributed by atoms with Crippen molar-refractivity contribution in [1.29, 1.82) is 0 Å². The first kappa shape index (κ1) is 17.1. The van der Waals surface area contributed by atoms with Crippen LogP contribution < -0.4 is 10.6 Å². The standard InChI is InChI=1S/C15H18F3N3O2/c1-10(13(22)21-8-2-3-9-21)19-14(23)20-12-6-4-11(5-7-12)15(16,17)18/h4-7,10H,2-3,8-9H2,1H3,(H2,19,20,23)/t10-/m1/s1. The van der Waals surface area contributed by atoms with Gasteiger partial charge in [-0.25, -0.2) is 4.79 Å². The average Bonchev–Trinajstić information content (AvgIpc) is 3.00. The van der Waals surface area contributed by atoms with Gasteiger partial charge in [-0.05, 0) is 44.0 Å². The summed E-state index contributed by atoms with van der Waals surface area (Å²) in [4.78, 5) is 25.5. The van der Waals surface area contributed by atoms with E-state index in [1.54, 1.807) is 11.8 Å². The van der Waals surface area contributed by atoms with Crippen molar-refractivity contribution in [2.45, 2.75) is 32.0 Å². The maximum absolute atomic E-state index is 12.4. The van der Waals surface area contributed by atoms with Gasteiger partial charge in [0.05, 0.1) is 5.56 Å². The van der Waals surface area contributed by atoms with Crippen LogP contribution in [0.4, 0.5) is 23.7 Å². The highest BCUT2D eigenvalue weighted by Gasteiger charge is 2.30. The number of urea groups is 1. The summed E-state index contributed by atoms with van der Waals surface area (Å²) >= 11 is 0. The van der Waals surface area contributed by atoms with Crippen LogP contribution >= 0.6 is 0 Å². The molecule has 1 aromatic rings. The molecule has 126 valence electrons. The van der Waals surface area contributed by atoms with Crippen molar-refractivity contribution in [2.24, 2.45) is 0 Å². The fraction of sp³-hybridized carbons (Fsp3) is 0.467. The Morgan fingerprint density at radius 2 is 1.70 bits per heavy atom. The average molecular weight is 329 g/mol. The molecule has 0 bridgehead atoms. The molecule has 0 spiro atoms. The van der Waals surface area contributed by atoms with Crippen LogP contribution in [-0.2, 0) is 11.0 Å². The molecular weight excluding hydrogens is 311 g/mol. The van der Waals surface area contributed by atoms with Crippen molar-refractivity contribution in [1.82, 2.24) is 10.2 Å². The lowest BCUT2D eigenvalue weighted by atomic mass is 10.2. The van der Waals surface area contributed by atoms with Crippen molar-refractivity contribution in [3.63, 3.8) is 0 Å². The molecule has 1 aromatic carbocycles. The van der Waals surface area contributed by atoms with E-state index < -0.39 is 23.8 Å². The SMILES string of the molecule is C[C@@H](NC(=O)Nc1ccc(C(F)(F)F)cc1)C(=O)N1CCCC1. The highest BCUT2D eigenvalue weighted by Crippen LogP contribution is 2.29. The van der Waals surface area contributed by atoms with Crippen molar-refractivity contribution in [3.8, 4) is 0 Å². The van der Waals surface area contributed by atoms with Gasteiger partial charge in [-0.2, -0.15) is 13.2 Å². The van der Waals surface area contributed by atoms with Gasteiger partial charge >= 0.3 is 12.2 Å². The number of hydrogen-bond acceptors (Lipinski definition) is 2. The third-order valence-electron chi connectivity index (χ3n) is 3.61. The number of benzene rings is 1. The Labute approximate surface area is 131 Å². The zero-order valence-electron chi connectivity index (χ0n) is 12.6. The molecule has 1 aliphatic rings. The van der Waals surface area contributed by atoms with Gasteiger partial charge in [0.1, 0.15) is 6.04 Å². The highest BCUT2D eigenvalue weighted by molar-refractivity contribution is 5.93. The summed E-state index contributed by atoms with van der Waals surface area (Å²) in [6.45, 7) is 2.95. The number of rotatable bonds is 3. The number of nitrogens with zero attached hydrogens (tertiary/aromatic N) is 1. The molecule has 0 unspecified atom stereocenters. The third kappa shape index (κ3) is 4.61. The van der Waals surface area contributed by atoms with Gasteiger partial charge in [0.25, 0.3) is 0 Å². The maximum atomic E-state index is 12.4. The Kier molecular flexibility index (Phi) is 5.12. The second-order valence-corrected chi connectivity index (χ2v) is 5.43. The molecule has 1 aliphatic heterocycles. The van der Waals surface area contributed by atoms with Crippen molar-refractivity contribution in [2.75, 3.05) is 18.4 Å². The van der Waals surface area contributed by atoms with Crippen molar-refractivity contribution < 1.29 is 22.8 Å². The van der Waals surface area contributed by atoms with E-state index in [1.807, 2.05) is 0 Å². The Morgan fingerprint density at radius 1 is 1.13 bits per heavy atom. The largest absolute Gasteiger partial charge is 0.416 e. The molecule has 3 amide bonds. The van der Waals surface area contributed by atoms with Crippen LogP contribution in [0.1, 0.15) is 25.3 Å². The number of likely N-dealkylation sites (tertiary alicyclic amines) is 1. The predicted octanol–water partition coefficient (Wildman–Crippen LogP) is 2.84. The first-order valence-electron chi connectivity index (χ1n) is 7.31. The van der Waals surface area contributed by atoms with Crippen LogP contribution in [-0.4, -0.2) is 36.0 Å². The molecule has 1 saturated heterocycles. The number of hydrogen-bond donors (Lipinski definition) is 2. The van der Waals surface area contributed by atoms with E-state index in [-0.39, 0.29) is 11.6 Å². The smallest absolute Gasteiger partial charge is 0.341 e. The minimum Gasteiger partial charge on any atom is -0.341 e. The Balaban J connectivity index is 1.87. The zero-order valence-corrected chi connectivity index (χ0v) is 12.6. The van der Waals surface area contributed by atoms with Gasteiger partial charge in [-0.3, -0.25) is 4.79 Å². The molecule has 0 radical (unpaired) electrons. The first-order chi connectivity index (χ1) is 10.8. The molecule has 5 nitrogen and oxygen atoms in total. The number of carbonyl (C=O) groups excluding carboxylic acids is 2. The number of nitrogens with one attached hydrogen (secondary N) is 2. The number of anilines is 1. The number of carbonyl (C=O) groups is 2.